The fourth-order valence-electron chi connectivity index (χ4n) is 5.24. The lowest BCUT2D eigenvalue weighted by molar-refractivity contribution is -0.150. The van der Waals surface area contributed by atoms with Crippen LogP contribution in [0.4, 0.5) is 19.1 Å². The smallest absolute Gasteiger partial charge is 0.378 e. The van der Waals surface area contributed by atoms with Gasteiger partial charge in [0.05, 0.1) is 29.9 Å². The summed E-state index contributed by atoms with van der Waals surface area (Å²) in [6.07, 6.45) is 3.69. The van der Waals surface area contributed by atoms with E-state index in [-0.39, 0.29) is 6.10 Å². The molecule has 2 atom stereocenters. The molecule has 3 fully saturated rings. The lowest BCUT2D eigenvalue weighted by Crippen LogP contribution is -2.41. The second-order valence-electron chi connectivity index (χ2n) is 9.54. The van der Waals surface area contributed by atoms with Gasteiger partial charge in [0.15, 0.2) is 0 Å². The third kappa shape index (κ3) is 7.18. The van der Waals surface area contributed by atoms with Crippen molar-refractivity contribution in [3.8, 4) is 0 Å². The maximum absolute atomic E-state index is 12.3. The minimum absolute atomic E-state index is 0.108. The summed E-state index contributed by atoms with van der Waals surface area (Å²) in [5, 5.41) is 0.552. The number of alkyl halides is 3. The van der Waals surface area contributed by atoms with Gasteiger partial charge in [-0.2, -0.15) is 13.2 Å². The first-order valence-corrected chi connectivity index (χ1v) is 12.3. The maximum Gasteiger partial charge on any atom is 0.389 e. The third-order valence-electron chi connectivity index (χ3n) is 7.27. The van der Waals surface area contributed by atoms with Crippen LogP contribution in [0.25, 0.3) is 0 Å². The molecule has 10 heteroatoms. The molecule has 0 spiro atoms. The van der Waals surface area contributed by atoms with Gasteiger partial charge in [-0.25, -0.2) is 9.97 Å². The zero-order valence-corrected chi connectivity index (χ0v) is 19.5. The van der Waals surface area contributed by atoms with E-state index >= 15 is 0 Å². The van der Waals surface area contributed by atoms with E-state index in [0.29, 0.717) is 31.0 Å². The molecule has 3 heterocycles. The van der Waals surface area contributed by atoms with Crippen molar-refractivity contribution in [3.05, 3.63) is 17.4 Å². The first kappa shape index (κ1) is 24.5. The van der Waals surface area contributed by atoms with E-state index in [2.05, 4.69) is 14.9 Å². The Morgan fingerprint density at radius 1 is 1.09 bits per heavy atom. The van der Waals surface area contributed by atoms with Crippen LogP contribution in [0.2, 0.25) is 5.02 Å². The number of nitrogens with zero attached hydrogens (tertiary/aromatic N) is 4. The lowest BCUT2D eigenvalue weighted by atomic mass is 9.90. The molecule has 6 nitrogen and oxygen atoms in total. The number of hydrogen-bond donors (Lipinski definition) is 0. The molecule has 2 aliphatic heterocycles. The first-order chi connectivity index (χ1) is 15.8. The highest BCUT2D eigenvalue weighted by molar-refractivity contribution is 6.30. The molecule has 3 aliphatic rings. The Balaban J connectivity index is 1.07. The van der Waals surface area contributed by atoms with E-state index < -0.39 is 24.9 Å². The molecule has 33 heavy (non-hydrogen) atoms. The average molecular weight is 489 g/mol. The number of likely N-dealkylation sites (tertiary alicyclic amines) is 1. The van der Waals surface area contributed by atoms with Crippen molar-refractivity contribution in [3.63, 3.8) is 0 Å². The highest BCUT2D eigenvalue weighted by atomic mass is 35.5. The second-order valence-corrected chi connectivity index (χ2v) is 9.98. The van der Waals surface area contributed by atoms with Crippen LogP contribution in [-0.4, -0.2) is 65.8 Å². The number of ether oxygens (including phenoxy) is 1. The Labute approximate surface area is 197 Å². The topological polar surface area (TPSA) is 58.6 Å². The van der Waals surface area contributed by atoms with Gasteiger partial charge in [-0.15, -0.1) is 0 Å². The van der Waals surface area contributed by atoms with Crippen molar-refractivity contribution < 1.29 is 22.7 Å². The van der Waals surface area contributed by atoms with Crippen LogP contribution >= 0.6 is 11.6 Å². The van der Waals surface area contributed by atoms with E-state index in [0.717, 1.165) is 62.7 Å². The van der Waals surface area contributed by atoms with Gasteiger partial charge in [0, 0.05) is 39.2 Å². The number of halogens is 4. The predicted molar refractivity (Wildman–Crippen MR) is 119 cm³/mol. The molecular formula is C23H32ClF3N4O2. The van der Waals surface area contributed by atoms with Crippen LogP contribution in [0.5, 0.6) is 0 Å². The van der Waals surface area contributed by atoms with Gasteiger partial charge in [0.1, 0.15) is 0 Å². The van der Waals surface area contributed by atoms with Crippen molar-refractivity contribution in [1.82, 2.24) is 14.9 Å². The first-order valence-electron chi connectivity index (χ1n) is 12.0. The number of anilines is 1. The molecular weight excluding hydrogens is 457 g/mol. The molecule has 0 unspecified atom stereocenters. The molecule has 1 aliphatic carbocycles. The monoisotopic (exact) mass is 488 g/mol. The Kier molecular flexibility index (Phi) is 7.99. The summed E-state index contributed by atoms with van der Waals surface area (Å²) in [6.45, 7) is 3.66. The van der Waals surface area contributed by atoms with Gasteiger partial charge < -0.3 is 14.5 Å². The van der Waals surface area contributed by atoms with E-state index in [1.165, 1.54) is 6.42 Å². The summed E-state index contributed by atoms with van der Waals surface area (Å²) >= 11 is 5.87. The number of piperidine rings is 2. The van der Waals surface area contributed by atoms with Crippen LogP contribution in [0.1, 0.15) is 51.4 Å². The van der Waals surface area contributed by atoms with E-state index in [1.807, 2.05) is 0 Å². The summed E-state index contributed by atoms with van der Waals surface area (Å²) in [7, 11) is 0. The van der Waals surface area contributed by atoms with Gasteiger partial charge >= 0.3 is 6.18 Å². The molecule has 1 aromatic rings. The van der Waals surface area contributed by atoms with E-state index in [9.17, 15) is 18.0 Å². The molecule has 0 radical (unpaired) electrons. The summed E-state index contributed by atoms with van der Waals surface area (Å²) in [5.41, 5.74) is 0. The predicted octanol–water partition coefficient (Wildman–Crippen LogP) is 4.72. The van der Waals surface area contributed by atoms with Crippen molar-refractivity contribution in [2.75, 3.05) is 37.7 Å². The quantitative estimate of drug-likeness (QED) is 0.530. The fourth-order valence-corrected chi connectivity index (χ4v) is 5.34. The molecule has 184 valence electrons. The van der Waals surface area contributed by atoms with E-state index in [1.54, 1.807) is 17.3 Å². The molecule has 1 saturated carbocycles. The molecule has 4 rings (SSSR count). The molecule has 2 saturated heterocycles. The van der Waals surface area contributed by atoms with Gasteiger partial charge in [0.2, 0.25) is 11.9 Å². The number of amides is 1. The number of carbonyl (C=O) groups is 1. The fraction of sp³-hybridized carbons (Fsp3) is 0.783. The van der Waals surface area contributed by atoms with E-state index in [4.69, 9.17) is 16.3 Å². The zero-order valence-electron chi connectivity index (χ0n) is 18.8. The van der Waals surface area contributed by atoms with Crippen LogP contribution in [-0.2, 0) is 9.53 Å². The van der Waals surface area contributed by atoms with Crippen LogP contribution < -0.4 is 4.90 Å². The zero-order chi connectivity index (χ0) is 23.4. The summed E-state index contributed by atoms with van der Waals surface area (Å²) < 4.78 is 42.9. The standard InChI is InChI=1S/C23H32ClF3N4O2/c24-18-14-28-22(29-15-18)31-8-2-16(3-9-31)20-13-17(20)6-12-33-19-4-10-30(11-5-19)21(32)1-7-23(25,26)27/h14-17,19-20H,1-13H2/t17-,20-/m1/s1. The lowest BCUT2D eigenvalue weighted by Gasteiger charge is -2.32. The normalized spacial score (nSPS) is 24.8. The highest BCUT2D eigenvalue weighted by Crippen LogP contribution is 2.50. The van der Waals surface area contributed by atoms with Gasteiger partial charge in [-0.1, -0.05) is 11.6 Å². The number of aromatic nitrogens is 2. The van der Waals surface area contributed by atoms with Gasteiger partial charge in [-0.05, 0) is 56.3 Å². The highest BCUT2D eigenvalue weighted by Gasteiger charge is 2.43. The maximum atomic E-state index is 12.3. The number of hydrogen-bond acceptors (Lipinski definition) is 5. The summed E-state index contributed by atoms with van der Waals surface area (Å²) in [4.78, 5) is 24.3. The van der Waals surface area contributed by atoms with Crippen LogP contribution in [0.15, 0.2) is 12.4 Å². The Hall–Kier alpha value is -1.61. The molecule has 1 amide bonds. The minimum Gasteiger partial charge on any atom is -0.378 e. The number of carbonyl (C=O) groups excluding carboxylic acids is 1. The summed E-state index contributed by atoms with van der Waals surface area (Å²) in [5.74, 6) is 2.63. The Morgan fingerprint density at radius 2 is 1.76 bits per heavy atom. The Morgan fingerprint density at radius 3 is 2.39 bits per heavy atom. The summed E-state index contributed by atoms with van der Waals surface area (Å²) in [6, 6.07) is 0. The van der Waals surface area contributed by atoms with Crippen molar-refractivity contribution in [1.29, 1.82) is 0 Å². The second kappa shape index (κ2) is 10.8. The molecule has 0 bridgehead atoms. The van der Waals surface area contributed by atoms with Gasteiger partial charge in [0.25, 0.3) is 0 Å². The largest absolute Gasteiger partial charge is 0.389 e. The van der Waals surface area contributed by atoms with Crippen molar-refractivity contribution in [2.45, 2.75) is 63.6 Å². The number of rotatable bonds is 8. The minimum atomic E-state index is -4.28. The van der Waals surface area contributed by atoms with Crippen LogP contribution in [0.3, 0.4) is 0 Å². The Bertz CT molecular complexity index is 779. The van der Waals surface area contributed by atoms with Gasteiger partial charge in [-0.3, -0.25) is 4.79 Å². The molecule has 0 aromatic carbocycles. The third-order valence-corrected chi connectivity index (χ3v) is 7.47. The SMILES string of the molecule is O=C(CCC(F)(F)F)N1CCC(OCC[C@@H]2C[C@@H]2C2CCN(c3ncc(Cl)cn3)CC2)CC1. The average Bonchev–Trinajstić information content (AvgIpc) is 3.58. The van der Waals surface area contributed by atoms with Crippen molar-refractivity contribution >= 4 is 23.5 Å². The van der Waals surface area contributed by atoms with Crippen molar-refractivity contribution in [2.24, 2.45) is 17.8 Å². The molecule has 1 aromatic heterocycles. The molecule has 0 N–H and O–H groups in total. The van der Waals surface area contributed by atoms with Crippen LogP contribution in [0, 0.1) is 17.8 Å².